The SMILES string of the molecule is COCCN(CCOC)S(=O)(=O)c1ccc(C(=O)N(CC2CCCO2)c2nc3ccccc3s2)cc1. The predicted octanol–water partition coefficient (Wildman–Crippen LogP) is 3.41. The summed E-state index contributed by atoms with van der Waals surface area (Å²) in [7, 11) is -0.732. The van der Waals surface area contributed by atoms with Gasteiger partial charge < -0.3 is 14.2 Å². The van der Waals surface area contributed by atoms with Crippen molar-refractivity contribution in [1.82, 2.24) is 9.29 Å². The molecule has 9 nitrogen and oxygen atoms in total. The highest BCUT2D eigenvalue weighted by molar-refractivity contribution is 7.89. The Kier molecular flexibility index (Phi) is 9.04. The number of carbonyl (C=O) groups excluding carboxylic acids is 1. The van der Waals surface area contributed by atoms with Crippen molar-refractivity contribution in [3.8, 4) is 0 Å². The minimum absolute atomic E-state index is 0.0595. The maximum atomic E-state index is 13.6. The van der Waals surface area contributed by atoms with Gasteiger partial charge in [0, 0.05) is 39.5 Å². The molecule has 1 atom stereocenters. The molecule has 0 spiro atoms. The Morgan fingerprint density at radius 2 is 1.78 bits per heavy atom. The molecular weight excluding hydrogens is 502 g/mol. The lowest BCUT2D eigenvalue weighted by atomic mass is 10.2. The Balaban J connectivity index is 1.59. The average Bonchev–Trinajstić information content (AvgIpc) is 3.56. The molecule has 0 aliphatic carbocycles. The number of sulfonamides is 1. The van der Waals surface area contributed by atoms with Gasteiger partial charge in [0.1, 0.15) is 0 Å². The second-order valence-electron chi connectivity index (χ2n) is 8.43. The maximum absolute atomic E-state index is 13.6. The van der Waals surface area contributed by atoms with Gasteiger partial charge in [0.15, 0.2) is 5.13 Å². The first-order valence-electron chi connectivity index (χ1n) is 11.8. The number of anilines is 1. The van der Waals surface area contributed by atoms with E-state index in [1.807, 2.05) is 24.3 Å². The molecule has 36 heavy (non-hydrogen) atoms. The first kappa shape index (κ1) is 26.6. The molecule has 1 aliphatic rings. The molecule has 1 aliphatic heterocycles. The summed E-state index contributed by atoms with van der Waals surface area (Å²) in [5.74, 6) is -0.246. The van der Waals surface area contributed by atoms with E-state index in [9.17, 15) is 13.2 Å². The van der Waals surface area contributed by atoms with Gasteiger partial charge in [0.05, 0.1) is 41.0 Å². The lowest BCUT2D eigenvalue weighted by Crippen LogP contribution is -2.38. The number of amides is 1. The number of para-hydroxylation sites is 1. The van der Waals surface area contributed by atoms with Crippen LogP contribution in [0.25, 0.3) is 10.2 Å². The van der Waals surface area contributed by atoms with Crippen LogP contribution < -0.4 is 4.90 Å². The van der Waals surface area contributed by atoms with Gasteiger partial charge in [-0.25, -0.2) is 13.4 Å². The molecule has 1 saturated heterocycles. The quantitative estimate of drug-likeness (QED) is 0.352. The molecule has 11 heteroatoms. The zero-order valence-electron chi connectivity index (χ0n) is 20.5. The molecule has 2 aromatic carbocycles. The third-order valence-electron chi connectivity index (χ3n) is 6.00. The van der Waals surface area contributed by atoms with Gasteiger partial charge in [-0.3, -0.25) is 9.69 Å². The molecule has 4 rings (SSSR count). The van der Waals surface area contributed by atoms with E-state index in [0.717, 1.165) is 23.1 Å². The van der Waals surface area contributed by atoms with Crippen molar-refractivity contribution in [3.05, 3.63) is 54.1 Å². The Bertz CT molecular complexity index is 1220. The van der Waals surface area contributed by atoms with Crippen molar-refractivity contribution in [1.29, 1.82) is 0 Å². The van der Waals surface area contributed by atoms with E-state index in [1.54, 1.807) is 17.0 Å². The number of rotatable bonds is 12. The molecule has 0 saturated carbocycles. The molecule has 0 radical (unpaired) electrons. The highest BCUT2D eigenvalue weighted by atomic mass is 32.2. The summed E-state index contributed by atoms with van der Waals surface area (Å²) < 4.78 is 44.7. The lowest BCUT2D eigenvalue weighted by Gasteiger charge is -2.24. The maximum Gasteiger partial charge on any atom is 0.260 e. The number of hydrogen-bond donors (Lipinski definition) is 0. The minimum Gasteiger partial charge on any atom is -0.383 e. The van der Waals surface area contributed by atoms with E-state index in [4.69, 9.17) is 14.2 Å². The van der Waals surface area contributed by atoms with Crippen molar-refractivity contribution < 1.29 is 27.4 Å². The summed E-state index contributed by atoms with van der Waals surface area (Å²) in [6, 6.07) is 13.8. The minimum atomic E-state index is -3.78. The largest absolute Gasteiger partial charge is 0.383 e. The molecular formula is C25H31N3O6S2. The number of carbonyl (C=O) groups is 1. The van der Waals surface area contributed by atoms with Gasteiger partial charge in [-0.05, 0) is 49.2 Å². The number of methoxy groups -OCH3 is 2. The first-order chi connectivity index (χ1) is 17.4. The van der Waals surface area contributed by atoms with Crippen molar-refractivity contribution in [3.63, 3.8) is 0 Å². The number of benzene rings is 2. The van der Waals surface area contributed by atoms with E-state index in [0.29, 0.717) is 23.8 Å². The highest BCUT2D eigenvalue weighted by Gasteiger charge is 2.28. The normalized spacial score (nSPS) is 16.1. The second-order valence-corrected chi connectivity index (χ2v) is 11.4. The topological polar surface area (TPSA) is 98.3 Å². The van der Waals surface area contributed by atoms with Gasteiger partial charge >= 0.3 is 0 Å². The standard InChI is InChI=1S/C25H31N3O6S2/c1-32-16-13-27(14-17-33-2)36(30,31)21-11-9-19(10-12-21)24(29)28(18-20-6-5-15-34-20)25-26-22-7-3-4-8-23(22)35-25/h3-4,7-12,20H,5-6,13-18H2,1-2H3. The summed E-state index contributed by atoms with van der Waals surface area (Å²) in [4.78, 5) is 20.1. The molecule has 1 aromatic heterocycles. The summed E-state index contributed by atoms with van der Waals surface area (Å²) in [5.41, 5.74) is 1.21. The van der Waals surface area contributed by atoms with Crippen LogP contribution in [0.4, 0.5) is 5.13 Å². The zero-order valence-corrected chi connectivity index (χ0v) is 22.1. The zero-order chi connectivity index (χ0) is 25.5. The van der Waals surface area contributed by atoms with Gasteiger partial charge in [0.2, 0.25) is 10.0 Å². The van der Waals surface area contributed by atoms with E-state index >= 15 is 0 Å². The number of aromatic nitrogens is 1. The fraction of sp³-hybridized carbons (Fsp3) is 0.440. The van der Waals surface area contributed by atoms with Crippen LogP contribution >= 0.6 is 11.3 Å². The van der Waals surface area contributed by atoms with E-state index in [1.165, 1.54) is 42.0 Å². The molecule has 1 unspecified atom stereocenters. The second kappa shape index (κ2) is 12.2. The van der Waals surface area contributed by atoms with Crippen LogP contribution in [-0.2, 0) is 24.2 Å². The number of ether oxygens (including phenoxy) is 3. The van der Waals surface area contributed by atoms with E-state index in [2.05, 4.69) is 4.98 Å². The first-order valence-corrected chi connectivity index (χ1v) is 14.1. The predicted molar refractivity (Wildman–Crippen MR) is 139 cm³/mol. The van der Waals surface area contributed by atoms with Gasteiger partial charge in [-0.2, -0.15) is 4.31 Å². The van der Waals surface area contributed by atoms with Crippen LogP contribution in [0.15, 0.2) is 53.4 Å². The summed E-state index contributed by atoms with van der Waals surface area (Å²) in [5, 5.41) is 0.596. The van der Waals surface area contributed by atoms with Crippen LogP contribution in [0.5, 0.6) is 0 Å². The Morgan fingerprint density at radius 3 is 2.39 bits per heavy atom. The number of thiazole rings is 1. The third-order valence-corrected chi connectivity index (χ3v) is 8.97. The number of fused-ring (bicyclic) bond motifs is 1. The van der Waals surface area contributed by atoms with E-state index < -0.39 is 10.0 Å². The summed E-state index contributed by atoms with van der Waals surface area (Å²) in [6.45, 7) is 2.01. The molecule has 1 amide bonds. The monoisotopic (exact) mass is 533 g/mol. The molecule has 3 aromatic rings. The van der Waals surface area contributed by atoms with Gasteiger partial charge in [-0.1, -0.05) is 23.5 Å². The van der Waals surface area contributed by atoms with Crippen LogP contribution in [0.2, 0.25) is 0 Å². The van der Waals surface area contributed by atoms with Gasteiger partial charge in [-0.15, -0.1) is 0 Å². The van der Waals surface area contributed by atoms with Crippen molar-refractivity contribution in [2.75, 3.05) is 58.6 Å². The fourth-order valence-electron chi connectivity index (χ4n) is 4.03. The average molecular weight is 534 g/mol. The number of hydrogen-bond acceptors (Lipinski definition) is 8. The Hall–Kier alpha value is -2.41. The van der Waals surface area contributed by atoms with Crippen LogP contribution in [0.3, 0.4) is 0 Å². The van der Waals surface area contributed by atoms with Crippen molar-refractivity contribution in [2.45, 2.75) is 23.8 Å². The molecule has 1 fully saturated rings. The fourth-order valence-corrected chi connectivity index (χ4v) is 6.41. The molecule has 0 bridgehead atoms. The molecule has 194 valence electrons. The van der Waals surface area contributed by atoms with Crippen LogP contribution in [0.1, 0.15) is 23.2 Å². The summed E-state index contributed by atoms with van der Waals surface area (Å²) >= 11 is 1.45. The van der Waals surface area contributed by atoms with Crippen LogP contribution in [-0.4, -0.2) is 83.4 Å². The third kappa shape index (κ3) is 6.10. The molecule has 2 heterocycles. The Labute approximate surface area is 215 Å². The lowest BCUT2D eigenvalue weighted by molar-refractivity contribution is 0.0917. The van der Waals surface area contributed by atoms with Crippen molar-refractivity contribution in [2.24, 2.45) is 0 Å². The van der Waals surface area contributed by atoms with E-state index in [-0.39, 0.29) is 43.2 Å². The summed E-state index contributed by atoms with van der Waals surface area (Å²) in [6.07, 6.45) is 1.78. The van der Waals surface area contributed by atoms with Crippen molar-refractivity contribution >= 4 is 42.6 Å². The molecule has 0 N–H and O–H groups in total. The van der Waals surface area contributed by atoms with Crippen LogP contribution in [0, 0.1) is 0 Å². The Morgan fingerprint density at radius 1 is 1.08 bits per heavy atom. The highest BCUT2D eigenvalue weighted by Crippen LogP contribution is 2.31. The number of nitrogens with zero attached hydrogens (tertiary/aromatic N) is 3. The van der Waals surface area contributed by atoms with Gasteiger partial charge in [0.25, 0.3) is 5.91 Å². The smallest absolute Gasteiger partial charge is 0.260 e.